The van der Waals surface area contributed by atoms with Crippen molar-refractivity contribution in [2.24, 2.45) is 0 Å². The smallest absolute Gasteiger partial charge is 0.272 e. The van der Waals surface area contributed by atoms with Gasteiger partial charge in [-0.25, -0.2) is 4.98 Å². The lowest BCUT2D eigenvalue weighted by molar-refractivity contribution is 0.0735. The van der Waals surface area contributed by atoms with Crippen molar-refractivity contribution in [1.82, 2.24) is 9.88 Å². The lowest BCUT2D eigenvalue weighted by Crippen LogP contribution is -2.34. The fourth-order valence-electron chi connectivity index (χ4n) is 2.13. The maximum atomic E-state index is 12.5. The van der Waals surface area contributed by atoms with Crippen LogP contribution in [0.5, 0.6) is 0 Å². The molecule has 1 N–H and O–H groups in total. The number of pyridine rings is 1. The predicted octanol–water partition coefficient (Wildman–Crippen LogP) is 2.22. The lowest BCUT2D eigenvalue weighted by Gasteiger charge is -2.21. The maximum absolute atomic E-state index is 12.5. The van der Waals surface area contributed by atoms with Gasteiger partial charge in [0.15, 0.2) is 0 Å². The topological polar surface area (TPSA) is 53.4 Å². The van der Waals surface area contributed by atoms with Gasteiger partial charge in [0.1, 0.15) is 5.69 Å². The number of nitrogens with zero attached hydrogens (tertiary/aromatic N) is 2. The van der Waals surface area contributed by atoms with Crippen LogP contribution < -0.4 is 0 Å². The van der Waals surface area contributed by atoms with Crippen LogP contribution in [0.3, 0.4) is 0 Å². The van der Waals surface area contributed by atoms with Crippen molar-refractivity contribution in [1.29, 1.82) is 0 Å². The predicted molar refractivity (Wildman–Crippen MR) is 81.8 cm³/mol. The summed E-state index contributed by atoms with van der Waals surface area (Å²) >= 11 is 0. The number of aliphatic hydroxyl groups excluding tert-OH is 1. The van der Waals surface area contributed by atoms with Crippen molar-refractivity contribution < 1.29 is 9.90 Å². The molecule has 1 aromatic rings. The molecular weight excluding hydrogens is 264 g/mol. The zero-order valence-corrected chi connectivity index (χ0v) is 12.5. The minimum Gasteiger partial charge on any atom is -0.395 e. The Kier molecular flexibility index (Phi) is 5.77. The van der Waals surface area contributed by atoms with E-state index in [1.165, 1.54) is 0 Å². The van der Waals surface area contributed by atoms with Crippen molar-refractivity contribution in [2.45, 2.75) is 45.1 Å². The summed E-state index contributed by atoms with van der Waals surface area (Å²) in [6.45, 7) is 3.01. The zero-order chi connectivity index (χ0) is 15.1. The number of amides is 1. The molecule has 1 aromatic heterocycles. The third-order valence-electron chi connectivity index (χ3n) is 3.45. The van der Waals surface area contributed by atoms with Gasteiger partial charge in [0.25, 0.3) is 5.91 Å². The molecule has 0 spiro atoms. The molecule has 0 saturated heterocycles. The van der Waals surface area contributed by atoms with Crippen LogP contribution in [-0.4, -0.2) is 40.1 Å². The van der Waals surface area contributed by atoms with Crippen LogP contribution >= 0.6 is 0 Å². The van der Waals surface area contributed by atoms with Gasteiger partial charge >= 0.3 is 0 Å². The molecule has 4 heteroatoms. The maximum Gasteiger partial charge on any atom is 0.272 e. The van der Waals surface area contributed by atoms with E-state index in [4.69, 9.17) is 5.11 Å². The molecule has 0 radical (unpaired) electrons. The van der Waals surface area contributed by atoms with Crippen molar-refractivity contribution in [3.8, 4) is 11.8 Å². The quantitative estimate of drug-likeness (QED) is 0.816. The highest BCUT2D eigenvalue weighted by Gasteiger charge is 2.32. The number of rotatable bonds is 6. The second kappa shape index (κ2) is 7.80. The van der Waals surface area contributed by atoms with Gasteiger partial charge in [0.05, 0.1) is 6.61 Å². The third-order valence-corrected chi connectivity index (χ3v) is 3.45. The summed E-state index contributed by atoms with van der Waals surface area (Å²) in [5.41, 5.74) is 1.26. The van der Waals surface area contributed by atoms with E-state index in [1.807, 2.05) is 11.0 Å². The monoisotopic (exact) mass is 286 g/mol. The summed E-state index contributed by atoms with van der Waals surface area (Å²) in [5, 5.41) is 8.68. The van der Waals surface area contributed by atoms with E-state index in [0.717, 1.165) is 37.8 Å². The summed E-state index contributed by atoms with van der Waals surface area (Å²) in [6.07, 6.45) is 6.42. The first-order chi connectivity index (χ1) is 10.3. The van der Waals surface area contributed by atoms with Gasteiger partial charge in [-0.2, -0.15) is 0 Å². The third kappa shape index (κ3) is 4.57. The summed E-state index contributed by atoms with van der Waals surface area (Å²) in [7, 11) is 0. The van der Waals surface area contributed by atoms with Gasteiger partial charge in [-0.1, -0.05) is 25.2 Å². The Balaban J connectivity index is 2.03. The fourth-order valence-corrected chi connectivity index (χ4v) is 2.13. The minimum absolute atomic E-state index is 0.0285. The van der Waals surface area contributed by atoms with E-state index >= 15 is 0 Å². The molecule has 21 heavy (non-hydrogen) atoms. The standard InChI is InChI=1S/C17H22N2O2/c1-2-3-11-19(15-8-9-15)17(21)16-10-7-14(13-18-16)6-4-5-12-20/h7,10,13,15,20H,2-3,5,8-9,11-12H2,1H3. The molecular formula is C17H22N2O2. The number of aromatic nitrogens is 1. The highest BCUT2D eigenvalue weighted by molar-refractivity contribution is 5.92. The average Bonchev–Trinajstić information content (AvgIpc) is 3.33. The molecule has 1 fully saturated rings. The number of hydrogen-bond donors (Lipinski definition) is 1. The Morgan fingerprint density at radius 2 is 2.29 bits per heavy atom. The number of carbonyl (C=O) groups excluding carboxylic acids is 1. The van der Waals surface area contributed by atoms with E-state index in [2.05, 4.69) is 23.7 Å². The molecule has 1 aliphatic rings. The van der Waals surface area contributed by atoms with Crippen molar-refractivity contribution in [2.75, 3.05) is 13.2 Å². The molecule has 0 unspecified atom stereocenters. The summed E-state index contributed by atoms with van der Waals surface area (Å²) in [5.74, 6) is 5.79. The second-order valence-corrected chi connectivity index (χ2v) is 5.29. The first-order valence-corrected chi connectivity index (χ1v) is 7.63. The van der Waals surface area contributed by atoms with Gasteiger partial charge in [0.2, 0.25) is 0 Å². The summed E-state index contributed by atoms with van der Waals surface area (Å²) in [6, 6.07) is 3.97. The van der Waals surface area contributed by atoms with E-state index in [0.29, 0.717) is 18.2 Å². The van der Waals surface area contributed by atoms with Gasteiger partial charge in [-0.3, -0.25) is 4.79 Å². The SMILES string of the molecule is CCCCN(C(=O)c1ccc(C#CCCO)cn1)C1CC1. The molecule has 1 saturated carbocycles. The van der Waals surface area contributed by atoms with Crippen LogP contribution in [0, 0.1) is 11.8 Å². The van der Waals surface area contributed by atoms with Gasteiger partial charge in [-0.15, -0.1) is 0 Å². The largest absolute Gasteiger partial charge is 0.395 e. The Bertz CT molecular complexity index is 524. The first-order valence-electron chi connectivity index (χ1n) is 7.63. The summed E-state index contributed by atoms with van der Waals surface area (Å²) < 4.78 is 0. The van der Waals surface area contributed by atoms with Crippen LogP contribution in [0.25, 0.3) is 0 Å². The molecule has 0 aliphatic heterocycles. The molecule has 1 heterocycles. The van der Waals surface area contributed by atoms with Crippen LogP contribution in [0.2, 0.25) is 0 Å². The lowest BCUT2D eigenvalue weighted by atomic mass is 10.2. The van der Waals surface area contributed by atoms with Gasteiger partial charge < -0.3 is 10.0 Å². The Hall–Kier alpha value is -1.86. The molecule has 4 nitrogen and oxygen atoms in total. The Labute approximate surface area is 126 Å². The van der Waals surface area contributed by atoms with Crippen LogP contribution in [-0.2, 0) is 0 Å². The Morgan fingerprint density at radius 1 is 1.48 bits per heavy atom. The second-order valence-electron chi connectivity index (χ2n) is 5.29. The fraction of sp³-hybridized carbons (Fsp3) is 0.529. The molecule has 0 bridgehead atoms. The molecule has 112 valence electrons. The molecule has 1 aliphatic carbocycles. The van der Waals surface area contributed by atoms with E-state index < -0.39 is 0 Å². The molecule has 0 aromatic carbocycles. The number of hydrogen-bond acceptors (Lipinski definition) is 3. The number of carbonyl (C=O) groups is 1. The van der Waals surface area contributed by atoms with Crippen molar-refractivity contribution in [3.63, 3.8) is 0 Å². The van der Waals surface area contributed by atoms with Crippen LogP contribution in [0.1, 0.15) is 55.1 Å². The van der Waals surface area contributed by atoms with E-state index in [-0.39, 0.29) is 12.5 Å². The average molecular weight is 286 g/mol. The van der Waals surface area contributed by atoms with Crippen LogP contribution in [0.4, 0.5) is 0 Å². The van der Waals surface area contributed by atoms with Crippen molar-refractivity contribution >= 4 is 5.91 Å². The number of unbranched alkanes of at least 4 members (excludes halogenated alkanes) is 1. The van der Waals surface area contributed by atoms with E-state index in [1.54, 1.807) is 12.3 Å². The normalized spacial score (nSPS) is 13.4. The number of aliphatic hydroxyl groups is 1. The van der Waals surface area contributed by atoms with Gasteiger partial charge in [-0.05, 0) is 31.4 Å². The van der Waals surface area contributed by atoms with Crippen molar-refractivity contribution in [3.05, 3.63) is 29.6 Å². The van der Waals surface area contributed by atoms with Crippen LogP contribution in [0.15, 0.2) is 18.3 Å². The summed E-state index contributed by atoms with van der Waals surface area (Å²) in [4.78, 5) is 18.7. The molecule has 2 rings (SSSR count). The molecule has 1 amide bonds. The first kappa shape index (κ1) is 15.5. The van der Waals surface area contributed by atoms with Gasteiger partial charge in [0, 0.05) is 30.8 Å². The molecule has 0 atom stereocenters. The minimum atomic E-state index is 0.0285. The zero-order valence-electron chi connectivity index (χ0n) is 12.5. The highest BCUT2D eigenvalue weighted by Crippen LogP contribution is 2.28. The highest BCUT2D eigenvalue weighted by atomic mass is 16.2. The van der Waals surface area contributed by atoms with E-state index in [9.17, 15) is 4.79 Å². The Morgan fingerprint density at radius 3 is 2.86 bits per heavy atom.